The predicted molar refractivity (Wildman–Crippen MR) is 122 cm³/mol. The predicted octanol–water partition coefficient (Wildman–Crippen LogP) is 4.05. The van der Waals surface area contributed by atoms with Crippen LogP contribution in [-0.2, 0) is 17.1 Å². The number of hydrogen-bond donors (Lipinski definition) is 1. The quantitative estimate of drug-likeness (QED) is 0.361. The summed E-state index contributed by atoms with van der Waals surface area (Å²) in [7, 11) is -3.13. The molecule has 0 spiro atoms. The number of rotatable bonds is 6. The van der Waals surface area contributed by atoms with Crippen LogP contribution in [0.1, 0.15) is 0 Å². The minimum atomic E-state index is -4.54. The molecule has 14 heteroatoms. The summed E-state index contributed by atoms with van der Waals surface area (Å²) in [6.07, 6.45) is 3.34. The van der Waals surface area contributed by atoms with E-state index in [4.69, 9.17) is 16.3 Å². The van der Waals surface area contributed by atoms with Crippen molar-refractivity contribution in [2.24, 2.45) is 7.05 Å². The molecular weight excluding hydrogens is 504 g/mol. The smallest absolute Gasteiger partial charge is 0.277 e. The Morgan fingerprint density at radius 3 is 2.66 bits per heavy atom. The summed E-state index contributed by atoms with van der Waals surface area (Å²) < 4.78 is 64.2. The first-order valence-corrected chi connectivity index (χ1v) is 11.7. The van der Waals surface area contributed by atoms with Crippen molar-refractivity contribution in [3.05, 3.63) is 77.6 Å². The van der Waals surface area contributed by atoms with E-state index in [-0.39, 0.29) is 5.75 Å². The molecule has 0 radical (unpaired) electrons. The number of anilines is 1. The molecule has 0 aliphatic rings. The van der Waals surface area contributed by atoms with Crippen molar-refractivity contribution in [2.75, 3.05) is 4.72 Å². The van der Waals surface area contributed by atoms with E-state index in [0.717, 1.165) is 4.80 Å². The SMILES string of the molecule is Cn1nnc(NS(=O)(=O)c2cc(F)c(Oc3ccc(Cl)cc3-c3cccc4nccn34)cc2F)n1. The molecule has 0 saturated heterocycles. The van der Waals surface area contributed by atoms with E-state index in [1.165, 1.54) is 19.2 Å². The Labute approximate surface area is 201 Å². The second-order valence-electron chi connectivity index (χ2n) is 7.23. The molecule has 178 valence electrons. The van der Waals surface area contributed by atoms with Crippen LogP contribution in [-0.4, -0.2) is 38.0 Å². The molecule has 0 saturated carbocycles. The third kappa shape index (κ3) is 4.38. The first-order chi connectivity index (χ1) is 16.7. The number of fused-ring (bicyclic) bond motifs is 1. The van der Waals surface area contributed by atoms with Crippen LogP contribution in [0.4, 0.5) is 14.7 Å². The van der Waals surface area contributed by atoms with Crippen LogP contribution >= 0.6 is 11.6 Å². The summed E-state index contributed by atoms with van der Waals surface area (Å²) in [5.74, 6) is -3.12. The van der Waals surface area contributed by atoms with Crippen LogP contribution in [0.25, 0.3) is 16.9 Å². The molecule has 0 atom stereocenters. The maximum absolute atomic E-state index is 14.9. The number of halogens is 3. The van der Waals surface area contributed by atoms with Crippen molar-refractivity contribution in [2.45, 2.75) is 4.90 Å². The van der Waals surface area contributed by atoms with Gasteiger partial charge in [0.15, 0.2) is 11.6 Å². The van der Waals surface area contributed by atoms with Gasteiger partial charge in [-0.25, -0.2) is 26.9 Å². The Bertz CT molecular complexity index is 1690. The molecule has 0 amide bonds. The molecule has 3 heterocycles. The number of hydrogen-bond acceptors (Lipinski definition) is 7. The number of ether oxygens (including phenoxy) is 1. The van der Waals surface area contributed by atoms with Gasteiger partial charge in [-0.05, 0) is 35.5 Å². The monoisotopic (exact) mass is 517 g/mol. The minimum Gasteiger partial charge on any atom is -0.453 e. The number of nitrogens with zero attached hydrogens (tertiary/aromatic N) is 6. The van der Waals surface area contributed by atoms with Crippen molar-refractivity contribution >= 4 is 33.2 Å². The number of tetrazole rings is 1. The molecule has 10 nitrogen and oxygen atoms in total. The number of pyridine rings is 1. The fraction of sp³-hybridized carbons (Fsp3) is 0.0476. The van der Waals surface area contributed by atoms with Crippen molar-refractivity contribution in [3.8, 4) is 22.8 Å². The lowest BCUT2D eigenvalue weighted by molar-refractivity contribution is 0.433. The van der Waals surface area contributed by atoms with Gasteiger partial charge < -0.3 is 4.74 Å². The molecule has 0 fully saturated rings. The largest absolute Gasteiger partial charge is 0.453 e. The molecular formula is C21H14ClF2N7O3S. The second kappa shape index (κ2) is 8.60. The Morgan fingerprint density at radius 2 is 1.89 bits per heavy atom. The zero-order chi connectivity index (χ0) is 24.7. The van der Waals surface area contributed by atoms with E-state index in [2.05, 4.69) is 20.4 Å². The summed E-state index contributed by atoms with van der Waals surface area (Å²) in [4.78, 5) is 4.28. The van der Waals surface area contributed by atoms with E-state index in [0.29, 0.717) is 34.1 Å². The minimum absolute atomic E-state index is 0.159. The number of sulfonamides is 1. The van der Waals surface area contributed by atoms with Gasteiger partial charge in [-0.15, -0.1) is 5.10 Å². The van der Waals surface area contributed by atoms with Gasteiger partial charge >= 0.3 is 0 Å². The molecule has 2 aromatic carbocycles. The molecule has 3 aromatic heterocycles. The zero-order valence-corrected chi connectivity index (χ0v) is 19.3. The third-order valence-electron chi connectivity index (χ3n) is 4.88. The lowest BCUT2D eigenvalue weighted by Gasteiger charge is -2.15. The summed E-state index contributed by atoms with van der Waals surface area (Å²) >= 11 is 6.19. The van der Waals surface area contributed by atoms with E-state index >= 15 is 0 Å². The second-order valence-corrected chi connectivity index (χ2v) is 9.32. The van der Waals surface area contributed by atoms with E-state index in [9.17, 15) is 17.2 Å². The number of imidazole rings is 1. The Morgan fingerprint density at radius 1 is 1.06 bits per heavy atom. The van der Waals surface area contributed by atoms with E-state index < -0.39 is 38.3 Å². The van der Waals surface area contributed by atoms with Gasteiger partial charge in [0.25, 0.3) is 16.0 Å². The van der Waals surface area contributed by atoms with Gasteiger partial charge in [-0.2, -0.15) is 4.80 Å². The van der Waals surface area contributed by atoms with Crippen LogP contribution in [0.15, 0.2) is 65.8 Å². The normalized spacial score (nSPS) is 11.7. The van der Waals surface area contributed by atoms with Crippen molar-refractivity contribution in [3.63, 3.8) is 0 Å². The van der Waals surface area contributed by atoms with Gasteiger partial charge in [0, 0.05) is 35.1 Å². The number of aromatic nitrogens is 6. The first kappa shape index (κ1) is 22.7. The average molecular weight is 518 g/mol. The van der Waals surface area contributed by atoms with E-state index in [1.807, 2.05) is 4.72 Å². The lowest BCUT2D eigenvalue weighted by atomic mass is 10.1. The summed E-state index contributed by atoms with van der Waals surface area (Å²) in [5, 5.41) is 11.0. The molecule has 0 aliphatic heterocycles. The molecule has 0 aliphatic carbocycles. The Balaban J connectivity index is 1.52. The van der Waals surface area contributed by atoms with Crippen LogP contribution in [0.5, 0.6) is 11.5 Å². The summed E-state index contributed by atoms with van der Waals surface area (Å²) in [5.41, 5.74) is 1.77. The summed E-state index contributed by atoms with van der Waals surface area (Å²) in [6, 6.07) is 11.1. The third-order valence-corrected chi connectivity index (χ3v) is 6.45. The highest BCUT2D eigenvalue weighted by Crippen LogP contribution is 2.37. The molecule has 1 N–H and O–H groups in total. The first-order valence-electron chi connectivity index (χ1n) is 9.87. The maximum Gasteiger partial charge on any atom is 0.277 e. The number of benzene rings is 2. The Hall–Kier alpha value is -4.10. The topological polar surface area (TPSA) is 116 Å². The fourth-order valence-electron chi connectivity index (χ4n) is 3.37. The standard InChI is InChI=1S/C21H14ClF2N7O3S/c1-30-27-21(26-29-30)28-35(32,33)19-11-14(23)18(10-15(19)24)34-17-6-5-12(22)9-13(17)16-3-2-4-20-25-7-8-31(16)20/h2-11H,1H3,(H,27,28). The maximum atomic E-state index is 14.9. The van der Waals surface area contributed by atoms with Crippen molar-refractivity contribution in [1.29, 1.82) is 0 Å². The van der Waals surface area contributed by atoms with Crippen LogP contribution in [0.3, 0.4) is 0 Å². The van der Waals surface area contributed by atoms with Crippen LogP contribution in [0.2, 0.25) is 5.02 Å². The average Bonchev–Trinajstić information content (AvgIpc) is 3.45. The number of nitrogens with one attached hydrogen (secondary N) is 1. The molecule has 35 heavy (non-hydrogen) atoms. The molecule has 5 rings (SSSR count). The van der Waals surface area contributed by atoms with E-state index in [1.54, 1.807) is 41.1 Å². The number of aryl methyl sites for hydroxylation is 1. The lowest BCUT2D eigenvalue weighted by Crippen LogP contribution is -2.16. The van der Waals surface area contributed by atoms with Gasteiger partial charge in [0.05, 0.1) is 12.7 Å². The van der Waals surface area contributed by atoms with Crippen molar-refractivity contribution < 1.29 is 21.9 Å². The molecule has 5 aromatic rings. The summed E-state index contributed by atoms with van der Waals surface area (Å²) in [6.45, 7) is 0. The van der Waals surface area contributed by atoms with Gasteiger partial charge in [0.1, 0.15) is 22.1 Å². The highest BCUT2D eigenvalue weighted by atomic mass is 35.5. The highest BCUT2D eigenvalue weighted by molar-refractivity contribution is 7.92. The van der Waals surface area contributed by atoms with Crippen LogP contribution in [0, 0.1) is 11.6 Å². The molecule has 0 unspecified atom stereocenters. The van der Waals surface area contributed by atoms with Crippen LogP contribution < -0.4 is 9.46 Å². The van der Waals surface area contributed by atoms with Gasteiger partial charge in [-0.3, -0.25) is 4.40 Å². The van der Waals surface area contributed by atoms with Gasteiger partial charge in [-0.1, -0.05) is 22.8 Å². The fourth-order valence-corrected chi connectivity index (χ4v) is 4.55. The van der Waals surface area contributed by atoms with Crippen molar-refractivity contribution in [1.82, 2.24) is 29.6 Å². The Kier molecular flexibility index (Phi) is 5.57. The zero-order valence-electron chi connectivity index (χ0n) is 17.7. The van der Waals surface area contributed by atoms with Gasteiger partial charge in [0.2, 0.25) is 0 Å². The highest BCUT2D eigenvalue weighted by Gasteiger charge is 2.25. The molecule has 0 bridgehead atoms.